The zero-order valence-corrected chi connectivity index (χ0v) is 25.6. The van der Waals surface area contributed by atoms with Gasteiger partial charge < -0.3 is 14.9 Å². The van der Waals surface area contributed by atoms with Crippen molar-refractivity contribution in [3.63, 3.8) is 0 Å². The average molecular weight is 524 g/mol. The number of nitrogens with zero attached hydrogens (tertiary/aromatic N) is 1. The van der Waals surface area contributed by atoms with E-state index in [1.165, 1.54) is 96.3 Å². The lowest BCUT2D eigenvalue weighted by Crippen LogP contribution is -2.64. The summed E-state index contributed by atoms with van der Waals surface area (Å²) in [5.41, 5.74) is -0.901. The highest BCUT2D eigenvalue weighted by atomic mass is 16.4. The molecule has 0 aromatic heterocycles. The molecular weight excluding hydrogens is 460 g/mol. The fourth-order valence-corrected chi connectivity index (χ4v) is 4.68. The number of unbranched alkanes of at least 4 members (excludes halogenated alkanes) is 15. The van der Waals surface area contributed by atoms with Crippen LogP contribution in [0.1, 0.15) is 150 Å². The van der Waals surface area contributed by atoms with Crippen LogP contribution in [0.3, 0.4) is 0 Å². The summed E-state index contributed by atoms with van der Waals surface area (Å²) < 4.78 is 0.330. The SMILES string of the molecule is CCCCCCCC/C=C\CCCCCCCCCCCC(=O)NC(CC)C[N+](C)(C)C(C)(C)C(=O)O. The Morgan fingerprint density at radius 2 is 1.19 bits per heavy atom. The molecule has 0 saturated carbocycles. The maximum atomic E-state index is 12.4. The molecule has 5 heteroatoms. The Morgan fingerprint density at radius 3 is 1.62 bits per heavy atom. The summed E-state index contributed by atoms with van der Waals surface area (Å²) in [4.78, 5) is 24.1. The molecule has 0 fully saturated rings. The van der Waals surface area contributed by atoms with E-state index in [-0.39, 0.29) is 11.9 Å². The van der Waals surface area contributed by atoms with Crippen LogP contribution in [-0.2, 0) is 9.59 Å². The van der Waals surface area contributed by atoms with Crippen LogP contribution in [0.15, 0.2) is 12.2 Å². The molecule has 0 bridgehead atoms. The minimum absolute atomic E-state index is 0.00284. The fourth-order valence-electron chi connectivity index (χ4n) is 4.68. The van der Waals surface area contributed by atoms with Crippen LogP contribution in [0.25, 0.3) is 0 Å². The number of likely N-dealkylation sites (N-methyl/N-ethyl adjacent to an activating group) is 1. The number of hydrogen-bond acceptors (Lipinski definition) is 2. The highest BCUT2D eigenvalue weighted by Crippen LogP contribution is 2.22. The number of rotatable bonds is 25. The molecule has 218 valence electrons. The molecule has 1 atom stereocenters. The highest BCUT2D eigenvalue weighted by molar-refractivity contribution is 5.76. The minimum atomic E-state index is -0.901. The van der Waals surface area contributed by atoms with E-state index in [0.717, 1.165) is 19.3 Å². The number of carboxylic acids is 1. The lowest BCUT2D eigenvalue weighted by atomic mass is 9.99. The molecule has 0 radical (unpaired) electrons. The highest BCUT2D eigenvalue weighted by Gasteiger charge is 2.44. The molecule has 2 N–H and O–H groups in total. The Kier molecular flexibility index (Phi) is 20.8. The lowest BCUT2D eigenvalue weighted by molar-refractivity contribution is -0.929. The third kappa shape index (κ3) is 17.7. The van der Waals surface area contributed by atoms with Crippen molar-refractivity contribution in [3.05, 3.63) is 12.2 Å². The second-order valence-corrected chi connectivity index (χ2v) is 12.2. The molecule has 0 saturated heterocycles. The number of aliphatic carboxylic acids is 1. The standard InChI is InChI=1S/C32H62N2O3/c1-7-9-10-11-12-13-14-15-16-17-18-19-20-21-22-23-24-25-26-27-30(35)33-29(8-2)28-34(5,6)32(3,4)31(36)37/h15-16,29H,7-14,17-28H2,1-6H3,(H-,33,35,36,37)/p+1/b16-15-. The molecule has 0 aromatic carbocycles. The first-order valence-corrected chi connectivity index (χ1v) is 15.6. The first kappa shape index (κ1) is 35.6. The van der Waals surface area contributed by atoms with Crippen LogP contribution in [0.2, 0.25) is 0 Å². The van der Waals surface area contributed by atoms with E-state index in [0.29, 0.717) is 17.4 Å². The molecule has 37 heavy (non-hydrogen) atoms. The molecule has 0 aliphatic rings. The number of carbonyl (C=O) groups is 2. The molecule has 0 heterocycles. The zero-order valence-electron chi connectivity index (χ0n) is 25.6. The molecule has 0 rings (SSSR count). The van der Waals surface area contributed by atoms with Crippen molar-refractivity contribution < 1.29 is 19.2 Å². The fraction of sp³-hybridized carbons (Fsp3) is 0.875. The van der Waals surface area contributed by atoms with Gasteiger partial charge in [-0.05, 0) is 38.5 Å². The number of nitrogens with one attached hydrogen (secondary N) is 1. The molecule has 5 nitrogen and oxygen atoms in total. The molecule has 1 unspecified atom stereocenters. The number of allylic oxidation sites excluding steroid dienone is 2. The van der Waals surface area contributed by atoms with Crippen molar-refractivity contribution in [2.45, 2.75) is 161 Å². The molecule has 0 aliphatic heterocycles. The largest absolute Gasteiger partial charge is 0.477 e. The number of carbonyl (C=O) groups excluding carboxylic acids is 1. The van der Waals surface area contributed by atoms with E-state index in [1.807, 2.05) is 21.0 Å². The summed E-state index contributed by atoms with van der Waals surface area (Å²) in [6, 6.07) is -0.00284. The van der Waals surface area contributed by atoms with Gasteiger partial charge in [0.1, 0.15) is 0 Å². The molecule has 0 aromatic rings. The van der Waals surface area contributed by atoms with Gasteiger partial charge in [0.15, 0.2) is 5.54 Å². The monoisotopic (exact) mass is 523 g/mol. The van der Waals surface area contributed by atoms with Crippen LogP contribution in [-0.4, -0.2) is 53.7 Å². The van der Waals surface area contributed by atoms with E-state index >= 15 is 0 Å². The van der Waals surface area contributed by atoms with Crippen molar-refractivity contribution in [1.82, 2.24) is 5.32 Å². The van der Waals surface area contributed by atoms with E-state index < -0.39 is 11.5 Å². The summed E-state index contributed by atoms with van der Waals surface area (Å²) in [6.45, 7) is 8.43. The summed E-state index contributed by atoms with van der Waals surface area (Å²) in [6.07, 6.45) is 28.1. The van der Waals surface area contributed by atoms with Crippen molar-refractivity contribution in [2.75, 3.05) is 20.6 Å². The van der Waals surface area contributed by atoms with Gasteiger partial charge in [-0.2, -0.15) is 0 Å². The van der Waals surface area contributed by atoms with Gasteiger partial charge in [0, 0.05) is 20.3 Å². The third-order valence-electron chi connectivity index (χ3n) is 8.24. The van der Waals surface area contributed by atoms with Crippen LogP contribution >= 0.6 is 0 Å². The topological polar surface area (TPSA) is 66.4 Å². The summed E-state index contributed by atoms with van der Waals surface area (Å²) in [5.74, 6) is -0.717. The van der Waals surface area contributed by atoms with Gasteiger partial charge in [-0.3, -0.25) is 4.79 Å². The predicted molar refractivity (Wildman–Crippen MR) is 159 cm³/mol. The van der Waals surface area contributed by atoms with Gasteiger partial charge in [0.05, 0.1) is 26.7 Å². The number of quaternary nitrogens is 1. The maximum absolute atomic E-state index is 12.4. The number of carboxylic acid groups (broad SMARTS) is 1. The lowest BCUT2D eigenvalue weighted by Gasteiger charge is -2.43. The number of amides is 1. The van der Waals surface area contributed by atoms with E-state index in [1.54, 1.807) is 13.8 Å². The number of hydrogen-bond donors (Lipinski definition) is 2. The molecule has 1 amide bonds. The Bertz CT molecular complexity index is 613. The van der Waals surface area contributed by atoms with Gasteiger partial charge in [-0.1, -0.05) is 103 Å². The minimum Gasteiger partial charge on any atom is -0.477 e. The maximum Gasteiger partial charge on any atom is 0.365 e. The van der Waals surface area contributed by atoms with Gasteiger partial charge >= 0.3 is 5.97 Å². The normalized spacial score (nSPS) is 13.2. The van der Waals surface area contributed by atoms with Crippen molar-refractivity contribution in [3.8, 4) is 0 Å². The summed E-state index contributed by atoms with van der Waals surface area (Å²) in [7, 11) is 3.86. The van der Waals surface area contributed by atoms with Crippen LogP contribution in [0.5, 0.6) is 0 Å². The van der Waals surface area contributed by atoms with Crippen molar-refractivity contribution in [1.29, 1.82) is 0 Å². The summed E-state index contributed by atoms with van der Waals surface area (Å²) >= 11 is 0. The first-order valence-electron chi connectivity index (χ1n) is 15.6. The summed E-state index contributed by atoms with van der Waals surface area (Å²) in [5, 5.41) is 12.7. The van der Waals surface area contributed by atoms with E-state index in [9.17, 15) is 14.7 Å². The van der Waals surface area contributed by atoms with Gasteiger partial charge in [0.2, 0.25) is 5.91 Å². The first-order chi connectivity index (χ1) is 17.6. The Morgan fingerprint density at radius 1 is 0.757 bits per heavy atom. The predicted octanol–water partition coefficient (Wildman–Crippen LogP) is 8.42. The third-order valence-corrected chi connectivity index (χ3v) is 8.24. The molecule has 0 aliphatic carbocycles. The Balaban J connectivity index is 3.69. The molecular formula is C32H63N2O3+. The quantitative estimate of drug-likeness (QED) is 0.0717. The van der Waals surface area contributed by atoms with Crippen molar-refractivity contribution >= 4 is 11.9 Å². The van der Waals surface area contributed by atoms with Crippen molar-refractivity contribution in [2.24, 2.45) is 0 Å². The van der Waals surface area contributed by atoms with Crippen LogP contribution in [0, 0.1) is 0 Å². The van der Waals surface area contributed by atoms with Crippen LogP contribution < -0.4 is 5.32 Å². The van der Waals surface area contributed by atoms with Gasteiger partial charge in [-0.25, -0.2) is 4.79 Å². The van der Waals surface area contributed by atoms with E-state index in [4.69, 9.17) is 0 Å². The van der Waals surface area contributed by atoms with Crippen LogP contribution in [0.4, 0.5) is 0 Å². The van der Waals surface area contributed by atoms with Gasteiger partial charge in [0.25, 0.3) is 0 Å². The van der Waals surface area contributed by atoms with E-state index in [2.05, 4.69) is 24.4 Å². The second-order valence-electron chi connectivity index (χ2n) is 12.2. The smallest absolute Gasteiger partial charge is 0.365 e. The molecule has 0 spiro atoms. The zero-order chi connectivity index (χ0) is 28.0. The van der Waals surface area contributed by atoms with Gasteiger partial charge in [-0.15, -0.1) is 0 Å². The average Bonchev–Trinajstić information content (AvgIpc) is 2.84. The second kappa shape index (κ2) is 21.6. The Hall–Kier alpha value is -1.36. The Labute approximate surface area is 230 Å².